The molecule has 0 atom stereocenters. The zero-order valence-corrected chi connectivity index (χ0v) is 13.8. The van der Waals surface area contributed by atoms with Gasteiger partial charge in [0.15, 0.2) is 0 Å². The fourth-order valence-electron chi connectivity index (χ4n) is 3.57. The van der Waals surface area contributed by atoms with Crippen LogP contribution >= 0.6 is 0 Å². The van der Waals surface area contributed by atoms with E-state index in [4.69, 9.17) is 0 Å². The second kappa shape index (κ2) is 7.75. The number of anilines is 2. The molecule has 22 heavy (non-hydrogen) atoms. The number of aryl methyl sites for hydroxylation is 1. The quantitative estimate of drug-likeness (QED) is 0.863. The molecule has 1 aromatic rings. The van der Waals surface area contributed by atoms with Crippen LogP contribution in [0.1, 0.15) is 77.0 Å². The van der Waals surface area contributed by atoms with E-state index < -0.39 is 0 Å². The van der Waals surface area contributed by atoms with Gasteiger partial charge in [0, 0.05) is 18.5 Å². The van der Waals surface area contributed by atoms with Crippen molar-refractivity contribution in [3.63, 3.8) is 0 Å². The van der Waals surface area contributed by atoms with Crippen molar-refractivity contribution >= 4 is 11.9 Å². The summed E-state index contributed by atoms with van der Waals surface area (Å²) < 4.78 is 0. The molecule has 0 unspecified atom stereocenters. The third-order valence-electron chi connectivity index (χ3n) is 4.87. The Morgan fingerprint density at radius 1 is 0.727 bits per heavy atom. The lowest BCUT2D eigenvalue weighted by Crippen LogP contribution is -2.26. The van der Waals surface area contributed by atoms with Gasteiger partial charge < -0.3 is 10.6 Å². The molecular weight excluding hydrogens is 274 g/mol. The van der Waals surface area contributed by atoms with E-state index >= 15 is 0 Å². The van der Waals surface area contributed by atoms with E-state index in [0.29, 0.717) is 12.1 Å². The molecule has 3 rings (SSSR count). The first-order chi connectivity index (χ1) is 10.8. The molecule has 2 aliphatic carbocycles. The number of hydrogen-bond acceptors (Lipinski definition) is 5. The maximum Gasteiger partial charge on any atom is 0.227 e. The summed E-state index contributed by atoms with van der Waals surface area (Å²) in [4.78, 5) is 13.8. The predicted molar refractivity (Wildman–Crippen MR) is 90.2 cm³/mol. The van der Waals surface area contributed by atoms with Crippen LogP contribution < -0.4 is 10.6 Å². The molecule has 1 aromatic heterocycles. The summed E-state index contributed by atoms with van der Waals surface area (Å²) in [6, 6.07) is 1.06. The van der Waals surface area contributed by atoms with Gasteiger partial charge >= 0.3 is 0 Å². The van der Waals surface area contributed by atoms with Crippen molar-refractivity contribution in [2.24, 2.45) is 0 Å². The molecular formula is C17H29N5. The molecule has 0 bridgehead atoms. The summed E-state index contributed by atoms with van der Waals surface area (Å²) in [5, 5.41) is 7.06. The van der Waals surface area contributed by atoms with Crippen molar-refractivity contribution < 1.29 is 0 Å². The van der Waals surface area contributed by atoms with Crippen molar-refractivity contribution in [2.75, 3.05) is 10.6 Å². The average molecular weight is 303 g/mol. The Bertz CT molecular complexity index is 426. The standard InChI is InChI=1S/C17H29N5/c1-2-15-20-16(18-13-9-5-3-6-10-13)22-17(21-15)19-14-11-7-4-8-12-14/h13-14H,2-12H2,1H3,(H2,18,19,20,21,22). The molecule has 0 aliphatic heterocycles. The Labute approximate surface area is 133 Å². The smallest absolute Gasteiger partial charge is 0.227 e. The van der Waals surface area contributed by atoms with Gasteiger partial charge in [0.05, 0.1) is 0 Å². The molecule has 122 valence electrons. The van der Waals surface area contributed by atoms with Gasteiger partial charge in [-0.05, 0) is 25.7 Å². The van der Waals surface area contributed by atoms with Crippen LogP contribution in [-0.4, -0.2) is 27.0 Å². The Hall–Kier alpha value is -1.39. The molecule has 0 spiro atoms. The molecule has 2 aliphatic rings. The number of nitrogens with zero attached hydrogens (tertiary/aromatic N) is 3. The number of nitrogens with one attached hydrogen (secondary N) is 2. The monoisotopic (exact) mass is 303 g/mol. The predicted octanol–water partition coefficient (Wildman–Crippen LogP) is 3.92. The summed E-state index contributed by atoms with van der Waals surface area (Å²) in [6.07, 6.45) is 13.8. The van der Waals surface area contributed by atoms with Gasteiger partial charge in [0.2, 0.25) is 11.9 Å². The largest absolute Gasteiger partial charge is 0.351 e. The van der Waals surface area contributed by atoms with Crippen LogP contribution in [0.15, 0.2) is 0 Å². The summed E-state index contributed by atoms with van der Waals surface area (Å²) in [5.41, 5.74) is 0. The minimum absolute atomic E-state index is 0.531. The second-order valence-corrected chi connectivity index (χ2v) is 6.71. The van der Waals surface area contributed by atoms with Crippen LogP contribution in [0.25, 0.3) is 0 Å². The molecule has 1 heterocycles. The molecule has 2 N–H and O–H groups in total. The van der Waals surface area contributed by atoms with Crippen molar-refractivity contribution in [3.8, 4) is 0 Å². The van der Waals surface area contributed by atoms with Crippen molar-refractivity contribution in [1.82, 2.24) is 15.0 Å². The van der Waals surface area contributed by atoms with Crippen LogP contribution in [0, 0.1) is 0 Å². The highest BCUT2D eigenvalue weighted by Gasteiger charge is 2.17. The molecule has 0 amide bonds. The molecule has 0 saturated heterocycles. The normalized spacial score (nSPS) is 20.8. The first-order valence-corrected chi connectivity index (χ1v) is 9.11. The maximum atomic E-state index is 4.63. The lowest BCUT2D eigenvalue weighted by atomic mass is 9.96. The van der Waals surface area contributed by atoms with Crippen molar-refractivity contribution in [1.29, 1.82) is 0 Å². The number of hydrogen-bond donors (Lipinski definition) is 2. The summed E-state index contributed by atoms with van der Waals surface area (Å²) in [6.45, 7) is 2.10. The Morgan fingerprint density at radius 3 is 1.59 bits per heavy atom. The van der Waals surface area contributed by atoms with E-state index in [2.05, 4.69) is 32.5 Å². The van der Waals surface area contributed by atoms with Crippen LogP contribution in [0.3, 0.4) is 0 Å². The van der Waals surface area contributed by atoms with E-state index in [-0.39, 0.29) is 0 Å². The number of aromatic nitrogens is 3. The lowest BCUT2D eigenvalue weighted by molar-refractivity contribution is 0.458. The number of rotatable bonds is 5. The first kappa shape index (κ1) is 15.5. The molecule has 5 nitrogen and oxygen atoms in total. The van der Waals surface area contributed by atoms with E-state index in [1.165, 1.54) is 64.2 Å². The fraction of sp³-hybridized carbons (Fsp3) is 0.824. The van der Waals surface area contributed by atoms with Gasteiger partial charge in [-0.15, -0.1) is 0 Å². The molecule has 5 heteroatoms. The van der Waals surface area contributed by atoms with Crippen LogP contribution in [0.5, 0.6) is 0 Å². The van der Waals surface area contributed by atoms with Gasteiger partial charge in [-0.25, -0.2) is 0 Å². The van der Waals surface area contributed by atoms with Gasteiger partial charge in [-0.3, -0.25) is 0 Å². The van der Waals surface area contributed by atoms with Crippen molar-refractivity contribution in [3.05, 3.63) is 5.82 Å². The Balaban J connectivity index is 1.67. The van der Waals surface area contributed by atoms with E-state index in [1.807, 2.05) is 0 Å². The summed E-state index contributed by atoms with van der Waals surface area (Å²) in [5.74, 6) is 2.40. The molecule has 2 saturated carbocycles. The van der Waals surface area contributed by atoms with Crippen LogP contribution in [0.2, 0.25) is 0 Å². The fourth-order valence-corrected chi connectivity index (χ4v) is 3.57. The van der Waals surface area contributed by atoms with Crippen LogP contribution in [0.4, 0.5) is 11.9 Å². The topological polar surface area (TPSA) is 62.7 Å². The van der Waals surface area contributed by atoms with Gasteiger partial charge in [0.25, 0.3) is 0 Å². The van der Waals surface area contributed by atoms with Gasteiger partial charge in [0.1, 0.15) is 5.82 Å². The van der Waals surface area contributed by atoms with Gasteiger partial charge in [-0.2, -0.15) is 15.0 Å². The first-order valence-electron chi connectivity index (χ1n) is 9.11. The van der Waals surface area contributed by atoms with E-state index in [0.717, 1.165) is 24.1 Å². The van der Waals surface area contributed by atoms with E-state index in [9.17, 15) is 0 Å². The third kappa shape index (κ3) is 4.31. The highest BCUT2D eigenvalue weighted by molar-refractivity contribution is 5.36. The molecule has 2 fully saturated rings. The zero-order chi connectivity index (χ0) is 15.2. The summed E-state index contributed by atoms with van der Waals surface area (Å²) >= 11 is 0. The highest BCUT2D eigenvalue weighted by Crippen LogP contribution is 2.22. The second-order valence-electron chi connectivity index (χ2n) is 6.71. The third-order valence-corrected chi connectivity index (χ3v) is 4.87. The SMILES string of the molecule is CCc1nc(NC2CCCCC2)nc(NC2CCCCC2)n1. The van der Waals surface area contributed by atoms with Crippen LogP contribution in [-0.2, 0) is 6.42 Å². The minimum atomic E-state index is 0.531. The maximum absolute atomic E-state index is 4.63. The van der Waals surface area contributed by atoms with Gasteiger partial charge in [-0.1, -0.05) is 45.4 Å². The molecule has 0 aromatic carbocycles. The summed E-state index contributed by atoms with van der Waals surface area (Å²) in [7, 11) is 0. The Kier molecular flexibility index (Phi) is 5.46. The van der Waals surface area contributed by atoms with Crippen molar-refractivity contribution in [2.45, 2.75) is 89.6 Å². The lowest BCUT2D eigenvalue weighted by Gasteiger charge is -2.24. The van der Waals surface area contributed by atoms with E-state index in [1.54, 1.807) is 0 Å². The Morgan fingerprint density at radius 2 is 1.18 bits per heavy atom. The average Bonchev–Trinajstić information content (AvgIpc) is 2.56. The highest BCUT2D eigenvalue weighted by atomic mass is 15.2. The zero-order valence-electron chi connectivity index (χ0n) is 13.8. The minimum Gasteiger partial charge on any atom is -0.351 e. The molecule has 0 radical (unpaired) electrons.